The van der Waals surface area contributed by atoms with Gasteiger partial charge in [0.25, 0.3) is 5.91 Å². The van der Waals surface area contributed by atoms with E-state index in [-0.39, 0.29) is 5.91 Å². The van der Waals surface area contributed by atoms with Crippen LogP contribution >= 0.6 is 0 Å². The van der Waals surface area contributed by atoms with Crippen molar-refractivity contribution in [2.24, 2.45) is 0 Å². The SMILES string of the molecule is COc1ccc(CNC(=O)c2ccccc2CCc2ccccc2)cn1. The smallest absolute Gasteiger partial charge is 0.251 e. The van der Waals surface area contributed by atoms with Crippen molar-refractivity contribution < 1.29 is 9.53 Å². The summed E-state index contributed by atoms with van der Waals surface area (Å²) in [4.78, 5) is 16.8. The van der Waals surface area contributed by atoms with Gasteiger partial charge in [-0.25, -0.2) is 4.98 Å². The van der Waals surface area contributed by atoms with Gasteiger partial charge in [0.05, 0.1) is 7.11 Å². The quantitative estimate of drug-likeness (QED) is 0.708. The lowest BCUT2D eigenvalue weighted by atomic mass is 9.99. The zero-order valence-corrected chi connectivity index (χ0v) is 14.8. The molecular weight excluding hydrogens is 324 g/mol. The molecule has 1 N–H and O–H groups in total. The van der Waals surface area contributed by atoms with Gasteiger partial charge in [0, 0.05) is 24.4 Å². The molecule has 1 amide bonds. The number of carbonyl (C=O) groups excluding carboxylic acids is 1. The number of methoxy groups -OCH3 is 1. The van der Waals surface area contributed by atoms with Crippen LogP contribution in [0.25, 0.3) is 0 Å². The molecule has 3 aromatic rings. The van der Waals surface area contributed by atoms with Crippen LogP contribution in [0.4, 0.5) is 0 Å². The number of rotatable bonds is 7. The number of hydrogen-bond acceptors (Lipinski definition) is 3. The lowest BCUT2D eigenvalue weighted by Crippen LogP contribution is -2.24. The number of aryl methyl sites for hydroxylation is 2. The molecule has 132 valence electrons. The molecule has 2 aromatic carbocycles. The average Bonchev–Trinajstić information content (AvgIpc) is 2.72. The molecule has 1 aromatic heterocycles. The Morgan fingerprint density at radius 1 is 0.923 bits per heavy atom. The maximum atomic E-state index is 12.6. The van der Waals surface area contributed by atoms with E-state index in [0.717, 1.165) is 29.5 Å². The Balaban J connectivity index is 1.63. The molecule has 0 spiro atoms. The minimum atomic E-state index is -0.0653. The Labute approximate surface area is 153 Å². The van der Waals surface area contributed by atoms with Gasteiger partial charge in [-0.15, -0.1) is 0 Å². The zero-order valence-electron chi connectivity index (χ0n) is 14.8. The molecule has 4 heteroatoms. The van der Waals surface area contributed by atoms with E-state index < -0.39 is 0 Å². The summed E-state index contributed by atoms with van der Waals surface area (Å²) < 4.78 is 5.04. The molecule has 1 heterocycles. The summed E-state index contributed by atoms with van der Waals surface area (Å²) in [6.07, 6.45) is 3.45. The van der Waals surface area contributed by atoms with E-state index in [1.54, 1.807) is 19.4 Å². The van der Waals surface area contributed by atoms with Crippen molar-refractivity contribution in [2.75, 3.05) is 7.11 Å². The van der Waals surface area contributed by atoms with Crippen LogP contribution in [-0.2, 0) is 19.4 Å². The summed E-state index contributed by atoms with van der Waals surface area (Å²) in [5.41, 5.74) is 3.99. The highest BCUT2D eigenvalue weighted by Gasteiger charge is 2.11. The number of hydrogen-bond donors (Lipinski definition) is 1. The van der Waals surface area contributed by atoms with Gasteiger partial charge in [0.2, 0.25) is 5.88 Å². The van der Waals surface area contributed by atoms with Crippen LogP contribution in [0.3, 0.4) is 0 Å². The Morgan fingerprint density at radius 2 is 1.69 bits per heavy atom. The summed E-state index contributed by atoms with van der Waals surface area (Å²) in [5, 5.41) is 2.97. The average molecular weight is 346 g/mol. The Hall–Kier alpha value is -3.14. The Kier molecular flexibility index (Phi) is 5.99. The van der Waals surface area contributed by atoms with Crippen LogP contribution in [0.5, 0.6) is 5.88 Å². The molecule has 0 radical (unpaired) electrons. The van der Waals surface area contributed by atoms with Crippen molar-refractivity contribution in [3.8, 4) is 5.88 Å². The van der Waals surface area contributed by atoms with Crippen molar-refractivity contribution in [2.45, 2.75) is 19.4 Å². The summed E-state index contributed by atoms with van der Waals surface area (Å²) >= 11 is 0. The van der Waals surface area contributed by atoms with E-state index in [1.165, 1.54) is 5.56 Å². The molecule has 26 heavy (non-hydrogen) atoms. The van der Waals surface area contributed by atoms with Crippen molar-refractivity contribution >= 4 is 5.91 Å². The molecule has 0 aliphatic carbocycles. The van der Waals surface area contributed by atoms with Crippen LogP contribution in [0.15, 0.2) is 72.9 Å². The van der Waals surface area contributed by atoms with E-state index in [4.69, 9.17) is 4.74 Å². The summed E-state index contributed by atoms with van der Waals surface area (Å²) in [5.74, 6) is 0.496. The summed E-state index contributed by atoms with van der Waals surface area (Å²) in [7, 11) is 1.58. The van der Waals surface area contributed by atoms with Crippen LogP contribution < -0.4 is 10.1 Å². The third-order valence-electron chi connectivity index (χ3n) is 4.25. The second kappa shape index (κ2) is 8.81. The third-order valence-corrected chi connectivity index (χ3v) is 4.25. The first-order valence-corrected chi connectivity index (χ1v) is 8.65. The van der Waals surface area contributed by atoms with E-state index in [2.05, 4.69) is 22.4 Å². The first-order valence-electron chi connectivity index (χ1n) is 8.65. The second-order valence-corrected chi connectivity index (χ2v) is 6.03. The maximum Gasteiger partial charge on any atom is 0.251 e. The lowest BCUT2D eigenvalue weighted by Gasteiger charge is -2.10. The first-order chi connectivity index (χ1) is 12.8. The maximum absolute atomic E-state index is 12.6. The number of aromatic nitrogens is 1. The van der Waals surface area contributed by atoms with Gasteiger partial charge in [0.15, 0.2) is 0 Å². The van der Waals surface area contributed by atoms with E-state index in [9.17, 15) is 4.79 Å². The van der Waals surface area contributed by atoms with Gasteiger partial charge in [0.1, 0.15) is 0 Å². The molecule has 0 fully saturated rings. The molecule has 4 nitrogen and oxygen atoms in total. The predicted octanol–water partition coefficient (Wildman–Crippen LogP) is 3.81. The minimum absolute atomic E-state index is 0.0653. The van der Waals surface area contributed by atoms with E-state index in [1.807, 2.05) is 48.5 Å². The summed E-state index contributed by atoms with van der Waals surface area (Å²) in [6, 6.07) is 21.8. The summed E-state index contributed by atoms with van der Waals surface area (Å²) in [6.45, 7) is 0.433. The molecular formula is C22H22N2O2. The van der Waals surface area contributed by atoms with Gasteiger partial charge >= 0.3 is 0 Å². The van der Waals surface area contributed by atoms with Crippen molar-refractivity contribution in [3.63, 3.8) is 0 Å². The van der Waals surface area contributed by atoms with Crippen LogP contribution in [0.2, 0.25) is 0 Å². The van der Waals surface area contributed by atoms with Crippen molar-refractivity contribution in [1.82, 2.24) is 10.3 Å². The Bertz CT molecular complexity index is 846. The molecule has 0 unspecified atom stereocenters. The van der Waals surface area contributed by atoms with Crippen LogP contribution in [0, 0.1) is 0 Å². The highest BCUT2D eigenvalue weighted by atomic mass is 16.5. The minimum Gasteiger partial charge on any atom is -0.481 e. The fourth-order valence-corrected chi connectivity index (χ4v) is 2.80. The molecule has 0 atom stereocenters. The molecule has 0 aliphatic rings. The number of benzene rings is 2. The third kappa shape index (κ3) is 4.70. The van der Waals surface area contributed by atoms with Gasteiger partial charge in [-0.3, -0.25) is 4.79 Å². The largest absolute Gasteiger partial charge is 0.481 e. The van der Waals surface area contributed by atoms with Crippen LogP contribution in [-0.4, -0.2) is 18.0 Å². The molecule has 0 aliphatic heterocycles. The molecule has 0 saturated carbocycles. The fraction of sp³-hybridized carbons (Fsp3) is 0.182. The second-order valence-electron chi connectivity index (χ2n) is 6.03. The van der Waals surface area contributed by atoms with E-state index in [0.29, 0.717) is 12.4 Å². The number of pyridine rings is 1. The van der Waals surface area contributed by atoms with Gasteiger partial charge in [-0.05, 0) is 35.6 Å². The molecule has 3 rings (SSSR count). The van der Waals surface area contributed by atoms with Crippen molar-refractivity contribution in [1.29, 1.82) is 0 Å². The zero-order chi connectivity index (χ0) is 18.2. The topological polar surface area (TPSA) is 51.2 Å². The standard InChI is InChI=1S/C22H22N2O2/c1-26-21-14-12-18(15-23-21)16-24-22(25)20-10-6-5-9-19(20)13-11-17-7-3-2-4-8-17/h2-10,12,14-15H,11,13,16H2,1H3,(H,24,25). The highest BCUT2D eigenvalue weighted by molar-refractivity contribution is 5.95. The number of carbonyl (C=O) groups is 1. The number of nitrogens with zero attached hydrogens (tertiary/aromatic N) is 1. The van der Waals surface area contributed by atoms with Gasteiger partial charge in [-0.2, -0.15) is 0 Å². The fourth-order valence-electron chi connectivity index (χ4n) is 2.80. The molecule has 0 bridgehead atoms. The normalized spacial score (nSPS) is 10.3. The van der Waals surface area contributed by atoms with Crippen molar-refractivity contribution in [3.05, 3.63) is 95.2 Å². The number of nitrogens with one attached hydrogen (secondary N) is 1. The Morgan fingerprint density at radius 3 is 2.42 bits per heavy atom. The van der Waals surface area contributed by atoms with Crippen LogP contribution in [0.1, 0.15) is 27.0 Å². The lowest BCUT2D eigenvalue weighted by molar-refractivity contribution is 0.0950. The number of ether oxygens (including phenoxy) is 1. The highest BCUT2D eigenvalue weighted by Crippen LogP contribution is 2.13. The van der Waals surface area contributed by atoms with Gasteiger partial charge in [-0.1, -0.05) is 54.6 Å². The first kappa shape index (κ1) is 17.7. The predicted molar refractivity (Wildman–Crippen MR) is 102 cm³/mol. The molecule has 0 saturated heterocycles. The number of amides is 1. The van der Waals surface area contributed by atoms with Gasteiger partial charge < -0.3 is 10.1 Å². The monoisotopic (exact) mass is 346 g/mol. The van der Waals surface area contributed by atoms with E-state index >= 15 is 0 Å².